The molecule has 0 fully saturated rings. The average Bonchev–Trinajstić information content (AvgIpc) is 2.45. The Kier molecular flexibility index (Phi) is 4.98. The van der Waals surface area contributed by atoms with Crippen LogP contribution in [0, 0.1) is 0 Å². The first-order chi connectivity index (χ1) is 10.8. The van der Waals surface area contributed by atoms with Crippen molar-refractivity contribution in [1.29, 1.82) is 0 Å². The molecule has 122 valence electrons. The number of para-hydroxylation sites is 1. The van der Waals surface area contributed by atoms with Gasteiger partial charge in [-0.05, 0) is 39.3 Å². The molecule has 0 saturated carbocycles. The van der Waals surface area contributed by atoms with Gasteiger partial charge in [-0.25, -0.2) is 0 Å². The maximum absolute atomic E-state index is 12.5. The van der Waals surface area contributed by atoms with Crippen LogP contribution >= 0.6 is 0 Å². The van der Waals surface area contributed by atoms with Crippen LogP contribution in [-0.4, -0.2) is 22.5 Å². The van der Waals surface area contributed by atoms with E-state index in [1.807, 2.05) is 51.1 Å². The van der Waals surface area contributed by atoms with E-state index in [0.717, 1.165) is 10.9 Å². The van der Waals surface area contributed by atoms with Crippen LogP contribution in [0.5, 0.6) is 0 Å². The second-order valence-electron chi connectivity index (χ2n) is 6.52. The van der Waals surface area contributed by atoms with Crippen molar-refractivity contribution in [2.45, 2.75) is 45.1 Å². The zero-order valence-corrected chi connectivity index (χ0v) is 13.7. The molecule has 5 heteroatoms. The van der Waals surface area contributed by atoms with Crippen molar-refractivity contribution in [3.63, 3.8) is 0 Å². The zero-order valence-electron chi connectivity index (χ0n) is 13.7. The van der Waals surface area contributed by atoms with Crippen LogP contribution in [0.1, 0.15) is 45.2 Å². The number of rotatable bonds is 5. The molecule has 0 aliphatic carbocycles. The quantitative estimate of drug-likeness (QED) is 0.860. The second-order valence-corrected chi connectivity index (χ2v) is 6.52. The Morgan fingerprint density at radius 3 is 2.52 bits per heavy atom. The van der Waals surface area contributed by atoms with Crippen LogP contribution in [0.3, 0.4) is 0 Å². The normalized spacial score (nSPS) is 12.8. The van der Waals surface area contributed by atoms with Crippen LogP contribution in [0.4, 0.5) is 0 Å². The highest BCUT2D eigenvalue weighted by Crippen LogP contribution is 2.25. The fourth-order valence-corrected chi connectivity index (χ4v) is 2.32. The van der Waals surface area contributed by atoms with Gasteiger partial charge < -0.3 is 10.5 Å². The third-order valence-electron chi connectivity index (χ3n) is 3.35. The van der Waals surface area contributed by atoms with E-state index in [1.54, 1.807) is 6.07 Å². The van der Waals surface area contributed by atoms with Crippen molar-refractivity contribution < 1.29 is 14.3 Å². The third-order valence-corrected chi connectivity index (χ3v) is 3.35. The fourth-order valence-electron chi connectivity index (χ4n) is 2.32. The van der Waals surface area contributed by atoms with Crippen LogP contribution in [0.25, 0.3) is 10.9 Å². The molecular weight excluding hydrogens is 292 g/mol. The maximum atomic E-state index is 12.5. The summed E-state index contributed by atoms with van der Waals surface area (Å²) >= 11 is 0. The first-order valence-electron chi connectivity index (χ1n) is 7.63. The molecule has 0 aliphatic heterocycles. The highest BCUT2D eigenvalue weighted by atomic mass is 16.6. The van der Waals surface area contributed by atoms with E-state index in [9.17, 15) is 9.59 Å². The Bertz CT molecular complexity index is 720. The minimum absolute atomic E-state index is 0.110. The van der Waals surface area contributed by atoms with Crippen molar-refractivity contribution in [1.82, 2.24) is 4.98 Å². The van der Waals surface area contributed by atoms with Crippen molar-refractivity contribution in [3.05, 3.63) is 42.1 Å². The number of ether oxygens (including phenoxy) is 1. The van der Waals surface area contributed by atoms with E-state index in [1.165, 1.54) is 0 Å². The molecule has 0 aliphatic rings. The molecule has 1 atom stereocenters. The standard InChI is InChI=1S/C18H22N2O3/c1-18(2,3)23-17(22)13(9-11-16(19)21)15-10-8-12-6-4-5-7-14(12)20-15/h4-8,10,13H,9,11H2,1-3H3,(H2,19,21). The number of hydrogen-bond donors (Lipinski definition) is 1. The minimum Gasteiger partial charge on any atom is -0.459 e. The molecule has 1 unspecified atom stereocenters. The fraction of sp³-hybridized carbons (Fsp3) is 0.389. The van der Waals surface area contributed by atoms with Gasteiger partial charge in [-0.3, -0.25) is 14.6 Å². The van der Waals surface area contributed by atoms with Gasteiger partial charge in [0.2, 0.25) is 5.91 Å². The van der Waals surface area contributed by atoms with Crippen molar-refractivity contribution >= 4 is 22.8 Å². The van der Waals surface area contributed by atoms with Crippen molar-refractivity contribution in [3.8, 4) is 0 Å². The van der Waals surface area contributed by atoms with Gasteiger partial charge in [-0.2, -0.15) is 0 Å². The minimum atomic E-state index is -0.605. The molecule has 5 nitrogen and oxygen atoms in total. The summed E-state index contributed by atoms with van der Waals surface area (Å²) in [6.07, 6.45) is 0.397. The smallest absolute Gasteiger partial charge is 0.315 e. The van der Waals surface area contributed by atoms with E-state index in [4.69, 9.17) is 10.5 Å². The summed E-state index contributed by atoms with van der Waals surface area (Å²) in [5.74, 6) is -1.44. The van der Waals surface area contributed by atoms with Crippen LogP contribution in [-0.2, 0) is 14.3 Å². The number of nitrogens with two attached hydrogens (primary N) is 1. The van der Waals surface area contributed by atoms with Crippen molar-refractivity contribution in [2.24, 2.45) is 5.73 Å². The van der Waals surface area contributed by atoms with Crippen molar-refractivity contribution in [2.75, 3.05) is 0 Å². The number of benzene rings is 1. The molecule has 2 N–H and O–H groups in total. The van der Waals surface area contributed by atoms with E-state index in [0.29, 0.717) is 5.69 Å². The number of fused-ring (bicyclic) bond motifs is 1. The van der Waals surface area contributed by atoms with Gasteiger partial charge in [0.15, 0.2) is 0 Å². The van der Waals surface area contributed by atoms with Gasteiger partial charge in [-0.1, -0.05) is 24.3 Å². The Morgan fingerprint density at radius 2 is 1.87 bits per heavy atom. The molecule has 1 aromatic heterocycles. The molecule has 0 saturated heterocycles. The molecule has 1 aromatic carbocycles. The first-order valence-corrected chi connectivity index (χ1v) is 7.63. The van der Waals surface area contributed by atoms with Gasteiger partial charge in [0, 0.05) is 11.8 Å². The third kappa shape index (κ3) is 4.77. The SMILES string of the molecule is CC(C)(C)OC(=O)C(CCC(N)=O)c1ccc2ccccc2n1. The molecule has 1 heterocycles. The molecule has 0 spiro atoms. The number of hydrogen-bond acceptors (Lipinski definition) is 4. The lowest BCUT2D eigenvalue weighted by Gasteiger charge is -2.23. The van der Waals surface area contributed by atoms with E-state index in [-0.39, 0.29) is 18.8 Å². The van der Waals surface area contributed by atoms with Crippen LogP contribution < -0.4 is 5.73 Å². The summed E-state index contributed by atoms with van der Waals surface area (Å²) in [6.45, 7) is 5.43. The predicted molar refractivity (Wildman–Crippen MR) is 88.8 cm³/mol. The number of carbonyl (C=O) groups excluding carboxylic acids is 2. The Morgan fingerprint density at radius 1 is 1.17 bits per heavy atom. The van der Waals surface area contributed by atoms with Gasteiger partial charge >= 0.3 is 5.97 Å². The lowest BCUT2D eigenvalue weighted by atomic mass is 9.97. The highest BCUT2D eigenvalue weighted by Gasteiger charge is 2.28. The van der Waals surface area contributed by atoms with E-state index < -0.39 is 17.4 Å². The highest BCUT2D eigenvalue weighted by molar-refractivity contribution is 5.82. The average molecular weight is 314 g/mol. The maximum Gasteiger partial charge on any atom is 0.315 e. The van der Waals surface area contributed by atoms with Gasteiger partial charge in [0.1, 0.15) is 5.60 Å². The summed E-state index contributed by atoms with van der Waals surface area (Å²) in [4.78, 5) is 28.2. The number of amides is 1. The van der Waals surface area contributed by atoms with E-state index in [2.05, 4.69) is 4.98 Å². The summed E-state index contributed by atoms with van der Waals surface area (Å²) in [5.41, 5.74) is 6.03. The molecule has 2 rings (SSSR count). The largest absolute Gasteiger partial charge is 0.459 e. The van der Waals surface area contributed by atoms with E-state index >= 15 is 0 Å². The number of aromatic nitrogens is 1. The number of primary amides is 1. The number of carbonyl (C=O) groups is 2. The van der Waals surface area contributed by atoms with Crippen LogP contribution in [0.15, 0.2) is 36.4 Å². The lowest BCUT2D eigenvalue weighted by Crippen LogP contribution is -2.29. The molecular formula is C18H22N2O3. The summed E-state index contributed by atoms with van der Waals surface area (Å²) in [5, 5.41) is 0.995. The van der Waals surface area contributed by atoms with Gasteiger partial charge in [0.05, 0.1) is 17.1 Å². The zero-order chi connectivity index (χ0) is 17.0. The lowest BCUT2D eigenvalue weighted by molar-refractivity contribution is -0.157. The Balaban J connectivity index is 2.33. The molecule has 2 aromatic rings. The van der Waals surface area contributed by atoms with Gasteiger partial charge in [-0.15, -0.1) is 0 Å². The number of nitrogens with zero attached hydrogens (tertiary/aromatic N) is 1. The monoisotopic (exact) mass is 314 g/mol. The first kappa shape index (κ1) is 16.9. The molecule has 1 amide bonds. The van der Waals surface area contributed by atoms with Crippen LogP contribution in [0.2, 0.25) is 0 Å². The molecule has 0 bridgehead atoms. The molecule has 0 radical (unpaired) electrons. The summed E-state index contributed by atoms with van der Waals surface area (Å²) in [7, 11) is 0. The van der Waals surface area contributed by atoms with Gasteiger partial charge in [0.25, 0.3) is 0 Å². The Hall–Kier alpha value is -2.43. The summed E-state index contributed by atoms with van der Waals surface area (Å²) in [6, 6.07) is 11.4. The second kappa shape index (κ2) is 6.77. The topological polar surface area (TPSA) is 82.3 Å². The predicted octanol–water partition coefficient (Wildman–Crippen LogP) is 2.93. The number of pyridine rings is 1. The Labute approximate surface area is 135 Å². The molecule has 23 heavy (non-hydrogen) atoms. The summed E-state index contributed by atoms with van der Waals surface area (Å²) < 4.78 is 5.47. The number of esters is 1.